The molecule has 3 N–H and O–H groups in total. The molecule has 0 radical (unpaired) electrons. The number of hydrogen-bond donors (Lipinski definition) is 3. The molecule has 0 unspecified atom stereocenters. The lowest BCUT2D eigenvalue weighted by Gasteiger charge is -2.29. The van der Waals surface area contributed by atoms with Crippen molar-refractivity contribution in [2.24, 2.45) is 10.9 Å². The van der Waals surface area contributed by atoms with Gasteiger partial charge in [-0.15, -0.1) is 0 Å². The number of halogens is 1. The molecule has 4 aliphatic rings. The third-order valence-electron chi connectivity index (χ3n) is 6.20. The third kappa shape index (κ3) is 5.35. The summed E-state index contributed by atoms with van der Waals surface area (Å²) in [5.74, 6) is -0.896. The van der Waals surface area contributed by atoms with Crippen molar-refractivity contribution in [2.45, 2.75) is 51.9 Å². The second kappa shape index (κ2) is 9.39. The van der Waals surface area contributed by atoms with Crippen LogP contribution in [-0.2, 0) is 16.1 Å². The van der Waals surface area contributed by atoms with Gasteiger partial charge in [-0.2, -0.15) is 0 Å². The number of Topliss-reactive ketones (excluding diaryl/α,β-unsaturated/α-hetero) is 1. The number of amidine groups is 1. The number of rotatable bonds is 4. The summed E-state index contributed by atoms with van der Waals surface area (Å²) in [6, 6.07) is 0. The molecule has 1 saturated carbocycles. The largest absolute Gasteiger partial charge is 0.444 e. The smallest absolute Gasteiger partial charge is 0.411 e. The lowest BCUT2D eigenvalue weighted by atomic mass is 10.00. The normalized spacial score (nSPS) is 22.1. The van der Waals surface area contributed by atoms with E-state index in [0.29, 0.717) is 47.1 Å². The van der Waals surface area contributed by atoms with Crippen molar-refractivity contribution in [3.05, 3.63) is 58.4 Å². The zero-order chi connectivity index (χ0) is 26.3. The van der Waals surface area contributed by atoms with E-state index >= 15 is 0 Å². The fraction of sp³-hybridized carbons (Fsp3) is 0.407. The van der Waals surface area contributed by atoms with Crippen molar-refractivity contribution in [2.75, 3.05) is 18.4 Å². The Morgan fingerprint density at radius 3 is 2.76 bits per heavy atom. The predicted molar refractivity (Wildman–Crippen MR) is 136 cm³/mol. The maximum Gasteiger partial charge on any atom is 0.411 e. The number of aromatic nitrogens is 1. The molecule has 0 aromatic carbocycles. The van der Waals surface area contributed by atoms with E-state index in [1.807, 2.05) is 6.08 Å². The van der Waals surface area contributed by atoms with E-state index in [4.69, 9.17) is 4.74 Å². The summed E-state index contributed by atoms with van der Waals surface area (Å²) in [6.07, 6.45) is 6.19. The standard InChI is InChI=1S/C27H28FN5O4/c1-27(2,3)37-26(36)33-13-19-22(20(34)14-33)24(30-16-7-5-4-6-8-16)23(31-19)15-9-10-29-21(11-15)32-25(35)17-12-18(17)28/h4-5,7,11,17-18,30-31H,9-10,12-14H2,1-3H3,(H,29,32,35)/t17-,18+/m1/s1. The number of carbonyl (C=O) groups excluding carboxylic acids is 3. The minimum absolute atomic E-state index is 0.119. The van der Waals surface area contributed by atoms with Crippen LogP contribution in [0.25, 0.3) is 5.57 Å². The van der Waals surface area contributed by atoms with E-state index in [1.54, 1.807) is 39.0 Å². The van der Waals surface area contributed by atoms with Gasteiger partial charge < -0.3 is 20.4 Å². The zero-order valence-electron chi connectivity index (χ0n) is 20.9. The number of ether oxygens (including phenoxy) is 1. The average molecular weight is 506 g/mol. The first-order valence-electron chi connectivity index (χ1n) is 12.2. The Kier molecular flexibility index (Phi) is 6.23. The molecule has 0 saturated heterocycles. The molecule has 1 aromatic heterocycles. The molecule has 192 valence electrons. The van der Waals surface area contributed by atoms with Crippen LogP contribution in [0.5, 0.6) is 0 Å². The van der Waals surface area contributed by atoms with Crippen LogP contribution < -0.4 is 10.6 Å². The fourth-order valence-corrected chi connectivity index (χ4v) is 4.37. The number of ketones is 1. The summed E-state index contributed by atoms with van der Waals surface area (Å²) >= 11 is 0. The van der Waals surface area contributed by atoms with Crippen LogP contribution in [-0.4, -0.2) is 58.4 Å². The Balaban J connectivity index is 1.49. The van der Waals surface area contributed by atoms with Gasteiger partial charge in [-0.25, -0.2) is 9.18 Å². The molecular formula is C27H28FN5O4. The Bertz CT molecular complexity index is 1380. The zero-order valence-corrected chi connectivity index (χ0v) is 20.9. The van der Waals surface area contributed by atoms with Gasteiger partial charge in [0, 0.05) is 12.2 Å². The molecular weight excluding hydrogens is 477 g/mol. The Hall–Kier alpha value is -4.13. The molecule has 2 amide bonds. The summed E-state index contributed by atoms with van der Waals surface area (Å²) in [5, 5.41) is 6.00. The second-order valence-corrected chi connectivity index (χ2v) is 10.4. The number of allylic oxidation sites excluding steroid dienone is 3. The van der Waals surface area contributed by atoms with E-state index in [9.17, 15) is 18.8 Å². The first-order chi connectivity index (χ1) is 17.6. The van der Waals surface area contributed by atoms with Crippen molar-refractivity contribution in [3.63, 3.8) is 0 Å². The highest BCUT2D eigenvalue weighted by Crippen LogP contribution is 2.37. The highest BCUT2D eigenvalue weighted by molar-refractivity contribution is 6.12. The monoisotopic (exact) mass is 505 g/mol. The minimum Gasteiger partial charge on any atom is -0.444 e. The number of aromatic amines is 1. The van der Waals surface area contributed by atoms with Crippen LogP contribution in [0.2, 0.25) is 0 Å². The van der Waals surface area contributed by atoms with Gasteiger partial charge in [-0.3, -0.25) is 19.5 Å². The van der Waals surface area contributed by atoms with Crippen LogP contribution in [0.15, 0.2) is 46.5 Å². The van der Waals surface area contributed by atoms with Crippen molar-refractivity contribution >= 4 is 34.9 Å². The quantitative estimate of drug-likeness (QED) is 0.539. The molecule has 2 atom stereocenters. The van der Waals surface area contributed by atoms with Gasteiger partial charge in [0.1, 0.15) is 17.6 Å². The maximum absolute atomic E-state index is 13.3. The summed E-state index contributed by atoms with van der Waals surface area (Å²) in [7, 11) is 0. The Morgan fingerprint density at radius 1 is 1.30 bits per heavy atom. The number of nitrogens with one attached hydrogen (secondary N) is 3. The number of nitrogens with zero attached hydrogens (tertiary/aromatic N) is 2. The number of hydrogen-bond acceptors (Lipinski definition) is 6. The highest BCUT2D eigenvalue weighted by atomic mass is 19.1. The number of alkyl halides is 1. The van der Waals surface area contributed by atoms with Gasteiger partial charge in [0.05, 0.1) is 41.6 Å². The van der Waals surface area contributed by atoms with Crippen LogP contribution in [0.1, 0.15) is 55.4 Å². The average Bonchev–Trinajstić information content (AvgIpc) is 3.46. The van der Waals surface area contributed by atoms with Crippen molar-refractivity contribution < 1.29 is 23.5 Å². The Labute approximate surface area is 213 Å². The van der Waals surface area contributed by atoms with Gasteiger partial charge in [0.25, 0.3) is 0 Å². The van der Waals surface area contributed by atoms with Crippen molar-refractivity contribution in [1.29, 1.82) is 0 Å². The van der Waals surface area contributed by atoms with E-state index in [2.05, 4.69) is 32.1 Å². The number of aliphatic imine (C=N–C) groups is 1. The minimum atomic E-state index is -1.10. The van der Waals surface area contributed by atoms with E-state index in [-0.39, 0.29) is 31.2 Å². The van der Waals surface area contributed by atoms with Gasteiger partial charge in [0.15, 0.2) is 5.78 Å². The molecule has 37 heavy (non-hydrogen) atoms. The maximum atomic E-state index is 13.3. The molecule has 0 bridgehead atoms. The fourth-order valence-electron chi connectivity index (χ4n) is 4.37. The lowest BCUT2D eigenvalue weighted by Crippen LogP contribution is -2.42. The molecule has 5 rings (SSSR count). The molecule has 1 aromatic rings. The number of H-pyrrole nitrogens is 1. The lowest BCUT2D eigenvalue weighted by molar-refractivity contribution is -0.121. The summed E-state index contributed by atoms with van der Waals surface area (Å²) in [4.78, 5) is 47.4. The molecule has 10 heteroatoms. The number of amides is 2. The number of dihydropyridines is 1. The van der Waals surface area contributed by atoms with Crippen LogP contribution in [0, 0.1) is 5.92 Å². The van der Waals surface area contributed by atoms with E-state index in [0.717, 1.165) is 5.57 Å². The Morgan fingerprint density at radius 2 is 2.08 bits per heavy atom. The molecule has 2 aliphatic heterocycles. The van der Waals surface area contributed by atoms with Gasteiger partial charge in [-0.1, -0.05) is 11.8 Å². The summed E-state index contributed by atoms with van der Waals surface area (Å²) < 4.78 is 18.8. The van der Waals surface area contributed by atoms with Crippen LogP contribution in [0.4, 0.5) is 14.9 Å². The summed E-state index contributed by atoms with van der Waals surface area (Å²) in [6.45, 7) is 5.78. The topological polar surface area (TPSA) is 116 Å². The molecule has 3 heterocycles. The van der Waals surface area contributed by atoms with Gasteiger partial charge >= 0.3 is 6.09 Å². The number of anilines is 1. The highest BCUT2D eigenvalue weighted by Gasteiger charge is 2.44. The van der Waals surface area contributed by atoms with Crippen LogP contribution >= 0.6 is 0 Å². The third-order valence-corrected chi connectivity index (χ3v) is 6.20. The number of fused-ring (bicyclic) bond motifs is 1. The SMILES string of the molecule is CC(C)(C)OC(=O)N1CC(=O)c2c([nH]c(C3=CC(NC(=O)[C@@H]4C[C@@H]4F)=NCC3)c2NC2=C=C=CC=C2)C1. The summed E-state index contributed by atoms with van der Waals surface area (Å²) in [5.41, 5.74) is 8.86. The van der Waals surface area contributed by atoms with Crippen LogP contribution in [0.3, 0.4) is 0 Å². The van der Waals surface area contributed by atoms with Crippen molar-refractivity contribution in [3.8, 4) is 0 Å². The van der Waals surface area contributed by atoms with Crippen molar-refractivity contribution in [1.82, 2.24) is 15.2 Å². The van der Waals surface area contributed by atoms with E-state index < -0.39 is 23.8 Å². The molecule has 2 aliphatic carbocycles. The van der Waals surface area contributed by atoms with Gasteiger partial charge in [-0.05, 0) is 63.1 Å². The molecule has 0 spiro atoms. The van der Waals surface area contributed by atoms with Gasteiger partial charge in [0.2, 0.25) is 5.91 Å². The van der Waals surface area contributed by atoms with E-state index in [1.165, 1.54) is 4.90 Å². The first-order valence-corrected chi connectivity index (χ1v) is 12.2. The number of carbonyl (C=O) groups is 3. The molecule has 9 nitrogen and oxygen atoms in total. The first kappa shape index (κ1) is 24.6. The predicted octanol–water partition coefficient (Wildman–Crippen LogP) is 3.78. The second-order valence-electron chi connectivity index (χ2n) is 10.4. The molecule has 1 fully saturated rings.